The Balaban J connectivity index is 0.00000937. The van der Waals surface area contributed by atoms with Crippen LogP contribution in [0.3, 0.4) is 0 Å². The number of rotatable bonds is 12. The van der Waals surface area contributed by atoms with Gasteiger partial charge in [0.2, 0.25) is 0 Å². The van der Waals surface area contributed by atoms with Gasteiger partial charge in [0.25, 0.3) is 0 Å². The average Bonchev–Trinajstić information content (AvgIpc) is 1.52. The normalized spacial score (nSPS) is 13.4. The second-order valence-corrected chi connectivity index (χ2v) is 36.5. The van der Waals surface area contributed by atoms with Gasteiger partial charge in [0.05, 0.1) is 16.2 Å². The Hall–Kier alpha value is -16.7. The summed E-state index contributed by atoms with van der Waals surface area (Å²) in [5, 5.41) is 0. The molecule has 19 aromatic carbocycles. The largest absolute Gasteiger partial charge is 3.00 e. The van der Waals surface area contributed by atoms with Gasteiger partial charge >= 0.3 is 20.1 Å². The molecule has 3 nitrogen and oxygen atoms in total. The van der Waals surface area contributed by atoms with Crippen molar-refractivity contribution in [1.82, 2.24) is 15.0 Å². The predicted octanol–water partition coefficient (Wildman–Crippen LogP) is 32.3. The van der Waals surface area contributed by atoms with Crippen molar-refractivity contribution in [2.45, 2.75) is 16.2 Å². The van der Waals surface area contributed by atoms with Gasteiger partial charge in [0, 0.05) is 18.6 Å². The Morgan fingerprint density at radius 1 is 0.140 bits per heavy atom. The third-order valence-electron chi connectivity index (χ3n) is 30.1. The molecule has 0 fully saturated rings. The van der Waals surface area contributed by atoms with E-state index >= 15 is 0 Å². The van der Waals surface area contributed by atoms with E-state index in [4.69, 9.17) is 15.0 Å². The van der Waals surface area contributed by atoms with E-state index < -0.39 is 16.2 Å². The summed E-state index contributed by atoms with van der Waals surface area (Å²) < 4.78 is 0. The van der Waals surface area contributed by atoms with Gasteiger partial charge in [-0.25, -0.2) is 0 Å². The molecule has 630 valence electrons. The Morgan fingerprint density at radius 3 is 0.544 bits per heavy atom. The van der Waals surface area contributed by atoms with Crippen molar-refractivity contribution in [3.8, 4) is 201 Å². The third-order valence-corrected chi connectivity index (χ3v) is 30.1. The van der Waals surface area contributed by atoms with Crippen molar-refractivity contribution in [2.24, 2.45) is 0 Å². The van der Waals surface area contributed by atoms with Gasteiger partial charge < -0.3 is 15.0 Å². The molecule has 3 spiro atoms. The Morgan fingerprint density at radius 2 is 0.331 bits per heavy atom. The molecule has 4 heteroatoms. The molecule has 6 aliphatic rings. The van der Waals surface area contributed by atoms with Crippen LogP contribution in [0.25, 0.3) is 201 Å². The summed E-state index contributed by atoms with van der Waals surface area (Å²) in [5.41, 5.74) is 53.4. The van der Waals surface area contributed by atoms with E-state index in [2.05, 4.69) is 455 Å². The first-order valence-electron chi connectivity index (χ1n) is 46.6. The Labute approximate surface area is 804 Å². The first-order chi connectivity index (χ1) is 67.0. The van der Waals surface area contributed by atoms with Gasteiger partial charge in [-0.15, -0.1) is 71.3 Å². The summed E-state index contributed by atoms with van der Waals surface area (Å²) in [5.74, 6) is 0. The Kier molecular flexibility index (Phi) is 18.0. The quantitative estimate of drug-likeness (QED) is 0.114. The second-order valence-electron chi connectivity index (χ2n) is 36.5. The van der Waals surface area contributed by atoms with Crippen LogP contribution in [0, 0.1) is 18.2 Å². The maximum atomic E-state index is 5.02. The zero-order valence-electron chi connectivity index (χ0n) is 73.7. The molecule has 28 rings (SSSR count). The fourth-order valence-corrected chi connectivity index (χ4v) is 24.7. The number of benzene rings is 19. The number of hydrogen-bond donors (Lipinski definition) is 0. The topological polar surface area (TPSA) is 38.7 Å². The molecule has 0 N–H and O–H groups in total. The van der Waals surface area contributed by atoms with Crippen molar-refractivity contribution in [3.05, 3.63) is 559 Å². The number of pyridine rings is 3. The summed E-state index contributed by atoms with van der Waals surface area (Å²) >= 11 is 0. The van der Waals surface area contributed by atoms with Gasteiger partial charge in [-0.05, 0) is 237 Å². The summed E-state index contributed by atoms with van der Waals surface area (Å²) in [6.45, 7) is 0. The van der Waals surface area contributed by atoms with Crippen LogP contribution in [0.2, 0.25) is 0 Å². The van der Waals surface area contributed by atoms with E-state index in [1.165, 1.54) is 134 Å². The van der Waals surface area contributed by atoms with Crippen LogP contribution in [0.15, 0.2) is 474 Å². The van der Waals surface area contributed by atoms with E-state index in [0.717, 1.165) is 134 Å². The van der Waals surface area contributed by atoms with Crippen LogP contribution < -0.4 is 0 Å². The van der Waals surface area contributed by atoms with Crippen LogP contribution in [0.5, 0.6) is 0 Å². The van der Waals surface area contributed by atoms with E-state index in [-0.39, 0.29) is 20.1 Å². The van der Waals surface area contributed by atoms with E-state index in [0.29, 0.717) is 0 Å². The first kappa shape index (κ1) is 79.1. The number of fused-ring (bicyclic) bond motifs is 30. The molecule has 0 aliphatic heterocycles. The van der Waals surface area contributed by atoms with Gasteiger partial charge in [-0.1, -0.05) is 432 Å². The number of hydrogen-bond acceptors (Lipinski definition) is 3. The van der Waals surface area contributed by atoms with Crippen LogP contribution in [-0.2, 0) is 36.4 Å². The molecule has 0 atom stereocenters. The summed E-state index contributed by atoms with van der Waals surface area (Å²) in [4.78, 5) is 15.1. The molecule has 3 heterocycles. The molecule has 0 saturated heterocycles. The average molecular weight is 1900 g/mol. The van der Waals surface area contributed by atoms with Crippen molar-refractivity contribution in [1.29, 1.82) is 0 Å². The molecular weight excluding hydrogens is 1820 g/mol. The molecule has 0 unspecified atom stereocenters. The molecule has 0 bridgehead atoms. The van der Waals surface area contributed by atoms with Crippen LogP contribution in [0.1, 0.15) is 66.8 Å². The predicted molar refractivity (Wildman–Crippen MR) is 550 cm³/mol. The number of aromatic nitrogens is 3. The summed E-state index contributed by atoms with van der Waals surface area (Å²) in [6.07, 6.45) is 5.66. The molecular formula is C132H78IrN3. The third kappa shape index (κ3) is 11.4. The fraction of sp³-hybridized carbons (Fsp3) is 0.0227. The van der Waals surface area contributed by atoms with E-state index in [9.17, 15) is 0 Å². The van der Waals surface area contributed by atoms with Crippen LogP contribution in [-0.4, -0.2) is 15.0 Å². The molecule has 22 aromatic rings. The minimum absolute atomic E-state index is 0. The van der Waals surface area contributed by atoms with Crippen LogP contribution in [0.4, 0.5) is 0 Å². The fourth-order valence-electron chi connectivity index (χ4n) is 24.7. The number of nitrogens with zero attached hydrogens (tertiary/aromatic N) is 3. The SMILES string of the molecule is [Ir+3].[c-]1cc(-c2ccccc2-c2cc(-c3ccccc3-c3c[c-]c(-c4ccccn4)cc3-c3ccc4c(c3)C3(c5ccccc5-c5ccccc53)c3ccccc3-4)cc(-c3ccccc3-c3c[c-]c(-c4ccccn4)cc3-c3ccc4c(c3)C3(c5ccccc5-c5ccccc53)c3ccccc3-4)c2)c(-c2ccc3c(c2)C2(c4ccccc4-c4ccccc42)c2ccccc2-3)cc1-c1ccccn1. The second kappa shape index (κ2) is 30.9. The minimum Gasteiger partial charge on any atom is -0.305 e. The van der Waals surface area contributed by atoms with E-state index in [1.54, 1.807) is 0 Å². The van der Waals surface area contributed by atoms with Crippen LogP contribution >= 0.6 is 0 Å². The van der Waals surface area contributed by atoms with Gasteiger partial charge in [-0.2, -0.15) is 0 Å². The molecule has 0 amide bonds. The monoisotopic (exact) mass is 1900 g/mol. The summed E-state index contributed by atoms with van der Waals surface area (Å²) in [7, 11) is 0. The molecule has 6 aliphatic carbocycles. The van der Waals surface area contributed by atoms with Gasteiger partial charge in [-0.3, -0.25) is 0 Å². The van der Waals surface area contributed by atoms with Crippen molar-refractivity contribution in [3.63, 3.8) is 0 Å². The Bertz CT molecular complexity index is 7750. The maximum absolute atomic E-state index is 5.02. The minimum atomic E-state index is -0.570. The van der Waals surface area contributed by atoms with Crippen molar-refractivity contribution < 1.29 is 20.1 Å². The molecule has 0 saturated carbocycles. The smallest absolute Gasteiger partial charge is 0.305 e. The first-order valence-corrected chi connectivity index (χ1v) is 46.6. The van der Waals surface area contributed by atoms with Gasteiger partial charge in [0.15, 0.2) is 0 Å². The molecule has 136 heavy (non-hydrogen) atoms. The zero-order chi connectivity index (χ0) is 88.6. The van der Waals surface area contributed by atoms with Crippen molar-refractivity contribution >= 4 is 0 Å². The maximum Gasteiger partial charge on any atom is 3.00 e. The molecule has 0 radical (unpaired) electrons. The zero-order valence-corrected chi connectivity index (χ0v) is 76.1. The van der Waals surface area contributed by atoms with Crippen molar-refractivity contribution in [2.75, 3.05) is 0 Å². The molecule has 3 aromatic heterocycles. The van der Waals surface area contributed by atoms with Gasteiger partial charge in [0.1, 0.15) is 0 Å². The summed E-state index contributed by atoms with van der Waals surface area (Å²) in [6, 6.07) is 182. The standard InChI is InChI=1S/C132H78N3.Ir/c1-4-34-94(97-64-61-85(127-55-25-28-70-133-127)76-112(97)82-58-67-109-106-43-13-22-52-121(106)130(124(109)79-82)115-46-16-7-37-100(115)101-38-8-17-47-116(101)130)91(31-1)88-73-89(92-32-2-5-35-95(92)98-65-62-86(128-56-26-29-71-134-128)77-113(98)83-59-68-110-107-44-14-23-53-122(107)131(125(110)80-83)117-48-18-9-39-102(117)103-40-10-19-49-118(103)131)75-90(74-88)93-33-3-6-36-96(93)99-66-63-87(129-57-27-30-72-135-129)78-114(99)84-60-69-111-108-45-15-24-54-123(108)132(126(111)81-84)119-50-20-11-41-104(119)105-42-12-21-51-120(105)132;/h1-60,64-81H;/q-3;+3. The van der Waals surface area contributed by atoms with E-state index in [1.807, 2.05) is 36.8 Å².